The summed E-state index contributed by atoms with van der Waals surface area (Å²) >= 11 is 1.26. The van der Waals surface area contributed by atoms with E-state index in [4.69, 9.17) is 0 Å². The molecule has 3 aromatic rings. The van der Waals surface area contributed by atoms with Crippen LogP contribution >= 0.6 is 11.3 Å². The molecule has 2 aromatic heterocycles. The number of thiazole rings is 1. The average molecular weight is 352 g/mol. The van der Waals surface area contributed by atoms with Crippen molar-refractivity contribution in [3.63, 3.8) is 0 Å². The Morgan fingerprint density at radius 1 is 1.25 bits per heavy atom. The number of imidazole rings is 1. The van der Waals surface area contributed by atoms with E-state index in [0.29, 0.717) is 10.5 Å². The molecule has 0 aliphatic heterocycles. The number of benzene rings is 1. The Bertz CT molecular complexity index is 921. The van der Waals surface area contributed by atoms with E-state index in [2.05, 4.69) is 9.98 Å². The van der Waals surface area contributed by atoms with Gasteiger partial charge in [0.25, 0.3) is 0 Å². The van der Waals surface area contributed by atoms with E-state index in [1.54, 1.807) is 10.8 Å². The number of carbonyl (C=O) groups is 1. The summed E-state index contributed by atoms with van der Waals surface area (Å²) in [4.78, 5) is 21.1. The maximum Gasteiger partial charge on any atom is 0.416 e. The number of alkyl halides is 3. The minimum absolute atomic E-state index is 0.367. The van der Waals surface area contributed by atoms with Crippen LogP contribution in [-0.2, 0) is 6.18 Å². The van der Waals surface area contributed by atoms with Crippen molar-refractivity contribution in [2.75, 3.05) is 0 Å². The fourth-order valence-electron chi connectivity index (χ4n) is 2.04. The monoisotopic (exact) mass is 352 g/mol. The van der Waals surface area contributed by atoms with E-state index in [9.17, 15) is 18.0 Å². The van der Waals surface area contributed by atoms with Crippen molar-refractivity contribution >= 4 is 17.4 Å². The van der Waals surface area contributed by atoms with E-state index in [0.717, 1.165) is 17.0 Å². The van der Waals surface area contributed by atoms with Gasteiger partial charge in [0.1, 0.15) is 6.33 Å². The first-order valence-corrected chi connectivity index (χ1v) is 7.60. The molecule has 0 saturated heterocycles. The summed E-state index contributed by atoms with van der Waals surface area (Å²) in [6, 6.07) is 4.15. The van der Waals surface area contributed by atoms with Crippen LogP contribution in [0.5, 0.6) is 0 Å². The molecule has 9 heteroatoms. The van der Waals surface area contributed by atoms with Crippen LogP contribution in [0.4, 0.5) is 18.0 Å². The van der Waals surface area contributed by atoms with Crippen LogP contribution in [0.15, 0.2) is 54.2 Å². The number of carbonyl (C=O) groups excluding carboxylic acids is 1. The van der Waals surface area contributed by atoms with Gasteiger partial charge in [-0.3, -0.25) is 9.13 Å². The normalized spacial score (nSPS) is 12.6. The smallest absolute Gasteiger partial charge is 0.292 e. The van der Waals surface area contributed by atoms with Crippen LogP contribution in [0, 0.1) is 6.92 Å². The van der Waals surface area contributed by atoms with Gasteiger partial charge in [0.15, 0.2) is 4.80 Å². The first kappa shape index (κ1) is 16.2. The van der Waals surface area contributed by atoms with Crippen molar-refractivity contribution < 1.29 is 18.0 Å². The Balaban J connectivity index is 2.02. The molecule has 0 N–H and O–H groups in total. The van der Waals surface area contributed by atoms with Gasteiger partial charge in [-0.25, -0.2) is 9.78 Å². The van der Waals surface area contributed by atoms with Crippen molar-refractivity contribution in [2.24, 2.45) is 4.99 Å². The second-order valence-corrected chi connectivity index (χ2v) is 6.12. The number of hydrogen-bond donors (Lipinski definition) is 0. The highest BCUT2D eigenvalue weighted by atomic mass is 32.1. The standard InChI is InChI=1S/C15H11F3N4OS/c1-10-8-22(12-4-2-11(3-5-12)15(16,17)18)14(24-10)20-13(23)21-7-6-19-9-21/h2-9H,1H3. The summed E-state index contributed by atoms with van der Waals surface area (Å²) in [5, 5.41) is 0. The molecule has 24 heavy (non-hydrogen) atoms. The molecule has 0 spiro atoms. The van der Waals surface area contributed by atoms with E-state index >= 15 is 0 Å². The first-order valence-electron chi connectivity index (χ1n) is 6.78. The molecule has 0 unspecified atom stereocenters. The molecule has 1 amide bonds. The SMILES string of the molecule is Cc1cn(-c2ccc(C(F)(F)F)cc2)c(=NC(=O)n2ccnc2)s1. The summed E-state index contributed by atoms with van der Waals surface area (Å²) in [5.41, 5.74) is -0.240. The van der Waals surface area contributed by atoms with Crippen LogP contribution in [0.3, 0.4) is 0 Å². The molecule has 0 radical (unpaired) electrons. The molecule has 0 atom stereocenters. The van der Waals surface area contributed by atoms with Crippen LogP contribution in [0.2, 0.25) is 0 Å². The highest BCUT2D eigenvalue weighted by molar-refractivity contribution is 7.09. The maximum atomic E-state index is 12.7. The van der Waals surface area contributed by atoms with Crippen LogP contribution < -0.4 is 4.80 Å². The fourth-order valence-corrected chi connectivity index (χ4v) is 2.87. The Hall–Kier alpha value is -2.68. The van der Waals surface area contributed by atoms with Crippen molar-refractivity contribution in [1.29, 1.82) is 0 Å². The molecule has 0 aliphatic rings. The van der Waals surface area contributed by atoms with Gasteiger partial charge in [-0.1, -0.05) is 0 Å². The third kappa shape index (κ3) is 3.30. The second kappa shape index (κ2) is 6.08. The molecular weight excluding hydrogens is 341 g/mol. The molecule has 0 saturated carbocycles. The molecular formula is C15H11F3N4OS. The predicted molar refractivity (Wildman–Crippen MR) is 82.0 cm³/mol. The van der Waals surface area contributed by atoms with Gasteiger partial charge in [-0.2, -0.15) is 18.2 Å². The number of aromatic nitrogens is 3. The van der Waals surface area contributed by atoms with Gasteiger partial charge < -0.3 is 0 Å². The molecule has 0 fully saturated rings. The van der Waals surface area contributed by atoms with Crippen LogP contribution in [-0.4, -0.2) is 20.1 Å². The predicted octanol–water partition coefficient (Wildman–Crippen LogP) is 3.63. The Kier molecular flexibility index (Phi) is 4.10. The van der Waals surface area contributed by atoms with Crippen molar-refractivity contribution in [3.8, 4) is 5.69 Å². The van der Waals surface area contributed by atoms with Crippen LogP contribution in [0.25, 0.3) is 5.69 Å². The number of rotatable bonds is 1. The topological polar surface area (TPSA) is 52.2 Å². The zero-order chi connectivity index (χ0) is 17.3. The molecule has 2 heterocycles. The molecule has 0 aliphatic carbocycles. The molecule has 5 nitrogen and oxygen atoms in total. The van der Waals surface area contributed by atoms with Crippen molar-refractivity contribution in [2.45, 2.75) is 13.1 Å². The van der Waals surface area contributed by atoms with E-state index < -0.39 is 17.8 Å². The maximum absolute atomic E-state index is 12.7. The number of aryl methyl sites for hydroxylation is 1. The Morgan fingerprint density at radius 2 is 1.96 bits per heavy atom. The molecule has 3 rings (SSSR count). The van der Waals surface area contributed by atoms with E-state index in [1.165, 1.54) is 46.8 Å². The third-order valence-electron chi connectivity index (χ3n) is 3.16. The summed E-state index contributed by atoms with van der Waals surface area (Å²) in [6.45, 7) is 1.83. The number of amides is 1. The molecule has 0 bridgehead atoms. The molecule has 124 valence electrons. The average Bonchev–Trinajstić information content (AvgIpc) is 3.16. The first-order chi connectivity index (χ1) is 11.3. The van der Waals surface area contributed by atoms with Gasteiger partial charge in [-0.15, -0.1) is 11.3 Å². The highest BCUT2D eigenvalue weighted by Crippen LogP contribution is 2.29. The summed E-state index contributed by atoms with van der Waals surface area (Å²) in [5.74, 6) is 0. The minimum Gasteiger partial charge on any atom is -0.292 e. The fraction of sp³-hybridized carbons (Fsp3) is 0.133. The number of halogens is 3. The number of hydrogen-bond acceptors (Lipinski definition) is 3. The Labute approximate surface area is 138 Å². The highest BCUT2D eigenvalue weighted by Gasteiger charge is 2.30. The van der Waals surface area contributed by atoms with Crippen LogP contribution in [0.1, 0.15) is 10.4 Å². The van der Waals surface area contributed by atoms with Gasteiger partial charge in [0, 0.05) is 29.2 Å². The van der Waals surface area contributed by atoms with Gasteiger partial charge in [0.05, 0.1) is 5.56 Å². The lowest BCUT2D eigenvalue weighted by atomic mass is 10.2. The zero-order valence-corrected chi connectivity index (χ0v) is 13.2. The summed E-state index contributed by atoms with van der Waals surface area (Å²) < 4.78 is 40.8. The summed E-state index contributed by atoms with van der Waals surface area (Å²) in [6.07, 6.45) is 1.58. The quantitative estimate of drug-likeness (QED) is 0.671. The van der Waals surface area contributed by atoms with Crippen molar-refractivity contribution in [1.82, 2.24) is 14.1 Å². The Morgan fingerprint density at radius 3 is 2.54 bits per heavy atom. The van der Waals surface area contributed by atoms with Gasteiger partial charge in [-0.05, 0) is 31.2 Å². The number of nitrogens with zero attached hydrogens (tertiary/aromatic N) is 4. The van der Waals surface area contributed by atoms with Gasteiger partial charge >= 0.3 is 12.2 Å². The van der Waals surface area contributed by atoms with E-state index in [1.807, 2.05) is 6.92 Å². The largest absolute Gasteiger partial charge is 0.416 e. The lowest BCUT2D eigenvalue weighted by Gasteiger charge is -2.08. The van der Waals surface area contributed by atoms with Crippen molar-refractivity contribution in [3.05, 3.63) is 64.4 Å². The molecule has 1 aromatic carbocycles. The summed E-state index contributed by atoms with van der Waals surface area (Å²) in [7, 11) is 0. The minimum atomic E-state index is -4.39. The van der Waals surface area contributed by atoms with E-state index in [-0.39, 0.29) is 0 Å². The lowest BCUT2D eigenvalue weighted by Crippen LogP contribution is -2.17. The van der Waals surface area contributed by atoms with Gasteiger partial charge in [0.2, 0.25) is 0 Å². The lowest BCUT2D eigenvalue weighted by molar-refractivity contribution is -0.137. The second-order valence-electron chi connectivity index (χ2n) is 4.90. The third-order valence-corrected chi connectivity index (χ3v) is 4.06. The zero-order valence-electron chi connectivity index (χ0n) is 12.4.